The summed E-state index contributed by atoms with van der Waals surface area (Å²) >= 11 is 0. The highest BCUT2D eigenvalue weighted by atomic mass is 31.2. The highest BCUT2D eigenvalue weighted by molar-refractivity contribution is 7.96. The molecule has 3 nitrogen and oxygen atoms in total. The minimum Gasteiger partial charge on any atom is -0.322 e. The Balaban J connectivity index is 1.44. The van der Waals surface area contributed by atoms with Crippen LogP contribution in [0.2, 0.25) is 0 Å². The van der Waals surface area contributed by atoms with Gasteiger partial charge in [-0.05, 0) is 53.6 Å². The lowest BCUT2D eigenvalue weighted by Gasteiger charge is -2.27. The molecule has 5 aromatic carbocycles. The van der Waals surface area contributed by atoms with Crippen LogP contribution in [0.4, 0.5) is 5.69 Å². The summed E-state index contributed by atoms with van der Waals surface area (Å²) in [5.74, 6) is -0.154. The number of carbonyl (C=O) groups excluding carboxylic acids is 2. The van der Waals surface area contributed by atoms with Gasteiger partial charge in [0.1, 0.15) is 23.2 Å². The standard InChI is InChI=1S/C33H24NO2P/c35-31(34-30-22-12-21-28-27-19-10-11-20-29(27)33(36)32(28)30)23-37(24-13-4-1-5-14-24,25-15-6-2-7-16-25)26-17-8-3-9-18-26/h1-22H,23H2/p+1. The number of hydrogen-bond acceptors (Lipinski definition) is 2. The first kappa shape index (κ1) is 23.1. The third kappa shape index (κ3) is 3.98. The maximum Gasteiger partial charge on any atom is 0.263 e. The molecule has 4 heteroatoms. The molecule has 0 spiro atoms. The monoisotopic (exact) mass is 498 g/mol. The molecule has 1 amide bonds. The molecule has 1 aliphatic carbocycles. The number of fused-ring (bicyclic) bond motifs is 3. The molecule has 0 radical (unpaired) electrons. The zero-order chi connectivity index (χ0) is 25.2. The van der Waals surface area contributed by atoms with E-state index in [1.165, 1.54) is 0 Å². The lowest BCUT2D eigenvalue weighted by Crippen LogP contribution is -2.37. The molecule has 0 aromatic heterocycles. The molecule has 178 valence electrons. The van der Waals surface area contributed by atoms with Crippen LogP contribution in [0.1, 0.15) is 15.9 Å². The van der Waals surface area contributed by atoms with Crippen molar-refractivity contribution >= 4 is 40.6 Å². The van der Waals surface area contributed by atoms with E-state index in [1.54, 1.807) is 0 Å². The predicted octanol–water partition coefficient (Wildman–Crippen LogP) is 5.83. The highest BCUT2D eigenvalue weighted by Gasteiger charge is 2.47. The molecule has 0 aliphatic heterocycles. The Morgan fingerprint density at radius 1 is 0.541 bits per heavy atom. The molecule has 5 aromatic rings. The van der Waals surface area contributed by atoms with Crippen LogP contribution < -0.4 is 21.2 Å². The maximum atomic E-state index is 13.9. The maximum absolute atomic E-state index is 13.9. The van der Waals surface area contributed by atoms with Gasteiger partial charge in [0.2, 0.25) is 0 Å². The first-order valence-corrected chi connectivity index (χ1v) is 14.3. The number of amides is 1. The van der Waals surface area contributed by atoms with Gasteiger partial charge >= 0.3 is 0 Å². The molecule has 0 fully saturated rings. The van der Waals surface area contributed by atoms with Crippen molar-refractivity contribution in [1.82, 2.24) is 0 Å². The Hall–Kier alpha value is -4.33. The van der Waals surface area contributed by atoms with Crippen molar-refractivity contribution in [2.75, 3.05) is 11.5 Å². The second-order valence-electron chi connectivity index (χ2n) is 9.13. The van der Waals surface area contributed by atoms with E-state index in [4.69, 9.17) is 0 Å². The Labute approximate surface area is 217 Å². The van der Waals surface area contributed by atoms with Crippen LogP contribution in [-0.4, -0.2) is 17.9 Å². The number of ketones is 1. The second kappa shape index (κ2) is 9.61. The molecule has 0 unspecified atom stereocenters. The van der Waals surface area contributed by atoms with Gasteiger partial charge < -0.3 is 5.32 Å². The van der Waals surface area contributed by atoms with Crippen molar-refractivity contribution in [1.29, 1.82) is 0 Å². The van der Waals surface area contributed by atoms with Crippen LogP contribution in [0.15, 0.2) is 133 Å². The molecule has 6 rings (SSSR count). The predicted molar refractivity (Wildman–Crippen MR) is 154 cm³/mol. The topological polar surface area (TPSA) is 46.2 Å². The van der Waals surface area contributed by atoms with Crippen LogP contribution >= 0.6 is 7.26 Å². The number of nitrogens with one attached hydrogen (secondary N) is 1. The Morgan fingerprint density at radius 3 is 1.54 bits per heavy atom. The number of benzene rings is 5. The number of hydrogen-bond donors (Lipinski definition) is 1. The summed E-state index contributed by atoms with van der Waals surface area (Å²) in [6.45, 7) is 0. The van der Waals surface area contributed by atoms with Crippen molar-refractivity contribution in [2.24, 2.45) is 0 Å². The zero-order valence-corrected chi connectivity index (χ0v) is 21.1. The van der Waals surface area contributed by atoms with Crippen LogP contribution in [0.5, 0.6) is 0 Å². The average Bonchev–Trinajstić information content (AvgIpc) is 3.26. The molecule has 0 heterocycles. The van der Waals surface area contributed by atoms with Crippen molar-refractivity contribution in [3.63, 3.8) is 0 Å². The smallest absolute Gasteiger partial charge is 0.263 e. The summed E-state index contributed by atoms with van der Waals surface area (Å²) in [7, 11) is -2.34. The molecule has 0 saturated heterocycles. The van der Waals surface area contributed by atoms with E-state index in [9.17, 15) is 9.59 Å². The van der Waals surface area contributed by atoms with E-state index in [2.05, 4.69) is 41.7 Å². The van der Waals surface area contributed by atoms with Crippen LogP contribution in [0.25, 0.3) is 11.1 Å². The second-order valence-corrected chi connectivity index (χ2v) is 12.6. The van der Waals surface area contributed by atoms with Gasteiger partial charge in [-0.1, -0.05) is 91.0 Å². The zero-order valence-electron chi connectivity index (χ0n) is 20.2. The third-order valence-corrected chi connectivity index (χ3v) is 11.3. The van der Waals surface area contributed by atoms with Gasteiger partial charge in [-0.2, -0.15) is 0 Å². The van der Waals surface area contributed by atoms with Crippen LogP contribution in [0, 0.1) is 0 Å². The fourth-order valence-electron chi connectivity index (χ4n) is 5.35. The third-order valence-electron chi connectivity index (χ3n) is 7.00. The minimum atomic E-state index is -2.34. The quantitative estimate of drug-likeness (QED) is 0.294. The number of carbonyl (C=O) groups is 2. The van der Waals surface area contributed by atoms with Crippen LogP contribution in [-0.2, 0) is 4.79 Å². The van der Waals surface area contributed by atoms with E-state index < -0.39 is 7.26 Å². The molecule has 0 bridgehead atoms. The van der Waals surface area contributed by atoms with Gasteiger partial charge in [-0.25, -0.2) is 0 Å². The highest BCUT2D eigenvalue weighted by Crippen LogP contribution is 2.55. The Morgan fingerprint density at radius 2 is 1.00 bits per heavy atom. The fraction of sp³-hybridized carbons (Fsp3) is 0.0303. The Kier molecular flexibility index (Phi) is 6.00. The normalized spacial score (nSPS) is 12.1. The van der Waals surface area contributed by atoms with Crippen molar-refractivity contribution in [3.05, 3.63) is 145 Å². The Bertz CT molecular complexity index is 1500. The molecule has 37 heavy (non-hydrogen) atoms. The fourth-order valence-corrected chi connectivity index (χ4v) is 9.35. The first-order valence-electron chi connectivity index (χ1n) is 12.3. The summed E-state index contributed by atoms with van der Waals surface area (Å²) in [5.41, 5.74) is 3.60. The summed E-state index contributed by atoms with van der Waals surface area (Å²) in [5, 5.41) is 6.57. The summed E-state index contributed by atoms with van der Waals surface area (Å²) in [4.78, 5) is 27.2. The average molecular weight is 499 g/mol. The van der Waals surface area contributed by atoms with Gasteiger partial charge in [0.15, 0.2) is 11.9 Å². The number of rotatable bonds is 6. The molecular weight excluding hydrogens is 473 g/mol. The summed E-state index contributed by atoms with van der Waals surface area (Å²) in [6, 6.07) is 44.3. The summed E-state index contributed by atoms with van der Waals surface area (Å²) < 4.78 is 0. The van der Waals surface area contributed by atoms with Crippen molar-refractivity contribution in [2.45, 2.75) is 0 Å². The van der Waals surface area contributed by atoms with E-state index in [0.717, 1.165) is 27.0 Å². The lowest BCUT2D eigenvalue weighted by molar-refractivity contribution is -0.113. The molecule has 1 aliphatic rings. The molecule has 1 N–H and O–H groups in total. The van der Waals surface area contributed by atoms with Gasteiger partial charge in [0, 0.05) is 5.56 Å². The van der Waals surface area contributed by atoms with Crippen molar-refractivity contribution in [3.8, 4) is 11.1 Å². The SMILES string of the molecule is O=C(C[P+](c1ccccc1)(c1ccccc1)c1ccccc1)Nc1cccc2c1C(=O)c1ccccc1-2. The van der Waals surface area contributed by atoms with E-state index in [0.29, 0.717) is 16.8 Å². The van der Waals surface area contributed by atoms with Gasteiger partial charge in [-0.3, -0.25) is 9.59 Å². The lowest BCUT2D eigenvalue weighted by atomic mass is 10.0. The van der Waals surface area contributed by atoms with Gasteiger partial charge in [0.25, 0.3) is 5.91 Å². The number of anilines is 1. The van der Waals surface area contributed by atoms with Crippen molar-refractivity contribution < 1.29 is 9.59 Å². The van der Waals surface area contributed by atoms with Gasteiger partial charge in [0.05, 0.1) is 11.3 Å². The van der Waals surface area contributed by atoms with Gasteiger partial charge in [-0.15, -0.1) is 0 Å². The summed E-state index contributed by atoms with van der Waals surface area (Å²) in [6.07, 6.45) is 0.288. The minimum absolute atomic E-state index is 0.0447. The van der Waals surface area contributed by atoms with E-state index >= 15 is 0 Å². The largest absolute Gasteiger partial charge is 0.322 e. The van der Waals surface area contributed by atoms with E-state index in [-0.39, 0.29) is 17.9 Å². The molecular formula is C33H25NO2P+. The van der Waals surface area contributed by atoms with E-state index in [1.807, 2.05) is 97.1 Å². The molecule has 0 atom stereocenters. The van der Waals surface area contributed by atoms with Crippen LogP contribution in [0.3, 0.4) is 0 Å². The molecule has 0 saturated carbocycles. The first-order chi connectivity index (χ1) is 18.2.